The van der Waals surface area contributed by atoms with Crippen LogP contribution in [0.3, 0.4) is 0 Å². The van der Waals surface area contributed by atoms with Crippen LogP contribution in [0.4, 0.5) is 0 Å². The van der Waals surface area contributed by atoms with E-state index in [0.717, 1.165) is 22.0 Å². The molecule has 4 rings (SSSR count). The molecule has 1 fully saturated rings. The van der Waals surface area contributed by atoms with Crippen LogP contribution in [0.1, 0.15) is 48.0 Å². The van der Waals surface area contributed by atoms with Crippen LogP contribution in [0.25, 0.3) is 5.65 Å². The maximum Gasteiger partial charge on any atom is 0.140 e. The van der Waals surface area contributed by atoms with E-state index in [0.29, 0.717) is 0 Å². The molecular weight excluding hydrogens is 264 g/mol. The van der Waals surface area contributed by atoms with Gasteiger partial charge in [0.25, 0.3) is 0 Å². The Balaban J connectivity index is 2.12. The van der Waals surface area contributed by atoms with Crippen molar-refractivity contribution in [3.8, 4) is 0 Å². The molecule has 0 N–H and O–H groups in total. The Morgan fingerprint density at radius 1 is 1.38 bits per heavy atom. The highest BCUT2D eigenvalue weighted by atomic mass is 79.9. The molecule has 0 aromatic carbocycles. The average Bonchev–Trinajstić information content (AvgIpc) is 2.86. The molecule has 2 heterocycles. The van der Waals surface area contributed by atoms with E-state index in [1.807, 2.05) is 0 Å². The van der Waals surface area contributed by atoms with Crippen molar-refractivity contribution in [3.05, 3.63) is 33.7 Å². The summed E-state index contributed by atoms with van der Waals surface area (Å²) in [6.45, 7) is 2.14. The number of pyridine rings is 1. The van der Waals surface area contributed by atoms with Crippen molar-refractivity contribution in [2.75, 3.05) is 0 Å². The highest BCUT2D eigenvalue weighted by Gasteiger charge is 2.40. The molecule has 2 atom stereocenters. The van der Waals surface area contributed by atoms with Crippen molar-refractivity contribution in [2.45, 2.75) is 38.0 Å². The van der Waals surface area contributed by atoms with Crippen LogP contribution in [0.15, 0.2) is 16.7 Å². The number of aryl methyl sites for hydroxylation is 1. The lowest BCUT2D eigenvalue weighted by molar-refractivity contribution is 0.689. The van der Waals surface area contributed by atoms with Crippen LogP contribution in [-0.4, -0.2) is 9.38 Å². The minimum absolute atomic E-state index is 0.748. The molecule has 0 radical (unpaired) electrons. The molecule has 0 saturated heterocycles. The van der Waals surface area contributed by atoms with Crippen molar-refractivity contribution in [1.29, 1.82) is 0 Å². The molecule has 0 amide bonds. The third kappa shape index (κ3) is 1.000. The molecule has 2 nitrogen and oxygen atoms in total. The Hall–Kier alpha value is -0.830. The first-order valence-corrected chi connectivity index (χ1v) is 6.71. The maximum atomic E-state index is 4.86. The molecule has 2 unspecified atom stereocenters. The van der Waals surface area contributed by atoms with Gasteiger partial charge in [0.1, 0.15) is 5.65 Å². The summed E-state index contributed by atoms with van der Waals surface area (Å²) in [5.41, 5.74) is 5.31. The first kappa shape index (κ1) is 9.23. The van der Waals surface area contributed by atoms with Crippen molar-refractivity contribution in [3.63, 3.8) is 0 Å². The summed E-state index contributed by atoms with van der Waals surface area (Å²) in [6, 6.07) is 2.15. The monoisotopic (exact) mass is 276 g/mol. The molecule has 2 bridgehead atoms. The van der Waals surface area contributed by atoms with E-state index in [-0.39, 0.29) is 0 Å². The number of fused-ring (bicyclic) bond motifs is 7. The molecule has 0 spiro atoms. The molecule has 2 aromatic rings. The summed E-state index contributed by atoms with van der Waals surface area (Å²) in [7, 11) is 0. The van der Waals surface area contributed by atoms with Crippen molar-refractivity contribution in [2.24, 2.45) is 0 Å². The largest absolute Gasteiger partial charge is 0.302 e. The smallest absolute Gasteiger partial charge is 0.140 e. The summed E-state index contributed by atoms with van der Waals surface area (Å²) in [4.78, 5) is 4.86. The van der Waals surface area contributed by atoms with Gasteiger partial charge in [-0.1, -0.05) is 0 Å². The van der Waals surface area contributed by atoms with Gasteiger partial charge in [-0.2, -0.15) is 0 Å². The molecule has 82 valence electrons. The summed E-state index contributed by atoms with van der Waals surface area (Å²) in [5, 5.41) is 0. The van der Waals surface area contributed by atoms with E-state index < -0.39 is 0 Å². The van der Waals surface area contributed by atoms with E-state index in [1.54, 1.807) is 0 Å². The zero-order valence-electron chi connectivity index (χ0n) is 9.20. The van der Waals surface area contributed by atoms with E-state index in [2.05, 4.69) is 39.5 Å². The van der Waals surface area contributed by atoms with Crippen LogP contribution in [-0.2, 0) is 0 Å². The predicted octanol–water partition coefficient (Wildman–Crippen LogP) is 3.77. The Bertz CT molecular complexity index is 599. The van der Waals surface area contributed by atoms with Gasteiger partial charge in [-0.25, -0.2) is 4.98 Å². The Labute approximate surface area is 103 Å². The van der Waals surface area contributed by atoms with Crippen molar-refractivity contribution in [1.82, 2.24) is 9.38 Å². The summed E-state index contributed by atoms with van der Waals surface area (Å²) < 4.78 is 3.47. The second kappa shape index (κ2) is 2.89. The first-order valence-electron chi connectivity index (χ1n) is 5.92. The highest BCUT2D eigenvalue weighted by Crippen LogP contribution is 2.52. The topological polar surface area (TPSA) is 17.3 Å². The Morgan fingerprint density at radius 3 is 3.06 bits per heavy atom. The third-order valence-electron chi connectivity index (χ3n) is 4.14. The van der Waals surface area contributed by atoms with Crippen LogP contribution in [0.2, 0.25) is 0 Å². The van der Waals surface area contributed by atoms with Gasteiger partial charge >= 0.3 is 0 Å². The lowest BCUT2D eigenvalue weighted by Gasteiger charge is -2.10. The van der Waals surface area contributed by atoms with Gasteiger partial charge in [0.2, 0.25) is 0 Å². The lowest BCUT2D eigenvalue weighted by atomic mass is 10.0. The minimum atomic E-state index is 0.748. The molecule has 2 aliphatic rings. The van der Waals surface area contributed by atoms with Gasteiger partial charge in [0.05, 0.1) is 5.69 Å². The zero-order chi connectivity index (χ0) is 10.9. The number of rotatable bonds is 0. The second-order valence-electron chi connectivity index (χ2n) is 5.12. The van der Waals surface area contributed by atoms with Gasteiger partial charge < -0.3 is 4.40 Å². The quantitative estimate of drug-likeness (QED) is 0.716. The molecule has 2 aromatic heterocycles. The van der Waals surface area contributed by atoms with Gasteiger partial charge in [0, 0.05) is 28.2 Å². The second-order valence-corrected chi connectivity index (χ2v) is 6.04. The van der Waals surface area contributed by atoms with E-state index >= 15 is 0 Å². The summed E-state index contributed by atoms with van der Waals surface area (Å²) in [6.07, 6.45) is 6.22. The number of imidazole rings is 1. The zero-order valence-corrected chi connectivity index (χ0v) is 10.8. The van der Waals surface area contributed by atoms with Gasteiger partial charge in [-0.3, -0.25) is 0 Å². The number of nitrogens with zero attached hydrogens (tertiary/aromatic N) is 2. The Kier molecular flexibility index (Phi) is 1.67. The van der Waals surface area contributed by atoms with Crippen LogP contribution in [0.5, 0.6) is 0 Å². The fourth-order valence-corrected chi connectivity index (χ4v) is 4.04. The fraction of sp³-hybridized carbons (Fsp3) is 0.462. The standard InChI is InChI=1S/C13H13BrN2/c1-7-4-10(14)6-16-12-9-3-2-8(5-9)11(12)15-13(7)16/h4,6,8-9H,2-3,5H2,1H3. The molecule has 3 heteroatoms. The Morgan fingerprint density at radius 2 is 2.19 bits per heavy atom. The summed E-state index contributed by atoms with van der Waals surface area (Å²) >= 11 is 3.58. The van der Waals surface area contributed by atoms with Crippen LogP contribution in [0, 0.1) is 6.92 Å². The molecule has 0 aliphatic heterocycles. The summed E-state index contributed by atoms with van der Waals surface area (Å²) in [5.74, 6) is 1.52. The van der Waals surface area contributed by atoms with E-state index in [1.165, 1.54) is 36.2 Å². The van der Waals surface area contributed by atoms with Gasteiger partial charge in [0.15, 0.2) is 0 Å². The normalized spacial score (nSPS) is 26.6. The fourth-order valence-electron chi connectivity index (χ4n) is 3.49. The number of halogens is 1. The average molecular weight is 277 g/mol. The SMILES string of the molecule is Cc1cc(Br)cn2c3c(nc12)C1CCC3C1. The lowest BCUT2D eigenvalue weighted by Crippen LogP contribution is -1.99. The highest BCUT2D eigenvalue weighted by molar-refractivity contribution is 9.10. The maximum absolute atomic E-state index is 4.86. The minimum Gasteiger partial charge on any atom is -0.302 e. The molecule has 1 saturated carbocycles. The molecular formula is C13H13BrN2. The third-order valence-corrected chi connectivity index (χ3v) is 4.58. The number of hydrogen-bond acceptors (Lipinski definition) is 1. The van der Waals surface area contributed by atoms with Gasteiger partial charge in [-0.15, -0.1) is 0 Å². The first-order chi connectivity index (χ1) is 7.74. The van der Waals surface area contributed by atoms with E-state index in [9.17, 15) is 0 Å². The van der Waals surface area contributed by atoms with Crippen molar-refractivity contribution >= 4 is 21.6 Å². The molecule has 16 heavy (non-hydrogen) atoms. The van der Waals surface area contributed by atoms with E-state index in [4.69, 9.17) is 4.98 Å². The number of hydrogen-bond donors (Lipinski definition) is 0. The van der Waals surface area contributed by atoms with Crippen LogP contribution >= 0.6 is 15.9 Å². The molecule has 2 aliphatic carbocycles. The predicted molar refractivity (Wildman–Crippen MR) is 67.0 cm³/mol. The number of aromatic nitrogens is 2. The van der Waals surface area contributed by atoms with Crippen LogP contribution < -0.4 is 0 Å². The van der Waals surface area contributed by atoms with Gasteiger partial charge in [-0.05, 0) is 53.7 Å². The van der Waals surface area contributed by atoms with Crippen molar-refractivity contribution < 1.29 is 0 Å².